The summed E-state index contributed by atoms with van der Waals surface area (Å²) in [6.07, 6.45) is -5.10. The maximum atomic E-state index is 11.9. The predicted molar refractivity (Wildman–Crippen MR) is 64.9 cm³/mol. The Morgan fingerprint density at radius 1 is 1.39 bits per heavy atom. The van der Waals surface area contributed by atoms with Crippen LogP contribution in [0.4, 0.5) is 13.2 Å². The summed E-state index contributed by atoms with van der Waals surface area (Å²) in [7, 11) is 0. The highest BCUT2D eigenvalue weighted by Crippen LogP contribution is 2.25. The van der Waals surface area contributed by atoms with E-state index in [2.05, 4.69) is 15.9 Å². The lowest BCUT2D eigenvalue weighted by Crippen LogP contribution is -2.09. The fourth-order valence-electron chi connectivity index (χ4n) is 1.33. The van der Waals surface area contributed by atoms with Gasteiger partial charge in [-0.3, -0.25) is 4.79 Å². The van der Waals surface area contributed by atoms with Crippen molar-refractivity contribution in [3.8, 4) is 5.75 Å². The topological polar surface area (TPSA) is 26.3 Å². The fourth-order valence-corrected chi connectivity index (χ4v) is 1.97. The molecular weight excluding hydrogens is 313 g/mol. The number of hydrogen-bond acceptors (Lipinski definition) is 2. The molecule has 0 aliphatic rings. The van der Waals surface area contributed by atoms with Gasteiger partial charge < -0.3 is 4.74 Å². The van der Waals surface area contributed by atoms with Crippen molar-refractivity contribution < 1.29 is 22.7 Å². The van der Waals surface area contributed by atoms with Gasteiger partial charge >= 0.3 is 6.18 Å². The average molecular weight is 325 g/mol. The van der Waals surface area contributed by atoms with E-state index in [9.17, 15) is 18.0 Å². The molecule has 6 heteroatoms. The van der Waals surface area contributed by atoms with Crippen molar-refractivity contribution in [3.63, 3.8) is 0 Å². The van der Waals surface area contributed by atoms with E-state index in [0.29, 0.717) is 15.8 Å². The second kappa shape index (κ2) is 6.22. The SMILES string of the molecule is CC(=O)c1ccc(OCCCC(F)(F)F)cc1Br. The molecule has 0 aromatic heterocycles. The molecule has 1 rings (SSSR count). The van der Waals surface area contributed by atoms with Crippen LogP contribution in [-0.2, 0) is 0 Å². The van der Waals surface area contributed by atoms with Gasteiger partial charge in [0.05, 0.1) is 6.61 Å². The maximum absolute atomic E-state index is 11.9. The van der Waals surface area contributed by atoms with Crippen LogP contribution in [0.5, 0.6) is 5.75 Å². The van der Waals surface area contributed by atoms with E-state index < -0.39 is 12.6 Å². The first kappa shape index (κ1) is 15.0. The molecule has 0 N–H and O–H groups in total. The highest BCUT2D eigenvalue weighted by Gasteiger charge is 2.26. The van der Waals surface area contributed by atoms with Crippen molar-refractivity contribution in [1.82, 2.24) is 0 Å². The van der Waals surface area contributed by atoms with Crippen molar-refractivity contribution in [1.29, 1.82) is 0 Å². The minimum Gasteiger partial charge on any atom is -0.494 e. The minimum absolute atomic E-state index is 0.00856. The summed E-state index contributed by atoms with van der Waals surface area (Å²) >= 11 is 3.21. The lowest BCUT2D eigenvalue weighted by atomic mass is 10.1. The van der Waals surface area contributed by atoms with Crippen LogP contribution in [0.25, 0.3) is 0 Å². The van der Waals surface area contributed by atoms with Crippen molar-refractivity contribution in [2.45, 2.75) is 25.9 Å². The van der Waals surface area contributed by atoms with E-state index in [-0.39, 0.29) is 18.8 Å². The third kappa shape index (κ3) is 5.08. The summed E-state index contributed by atoms with van der Waals surface area (Å²) < 4.78 is 41.4. The number of carbonyl (C=O) groups is 1. The number of carbonyl (C=O) groups excluding carboxylic acids is 1. The Morgan fingerprint density at radius 2 is 2.06 bits per heavy atom. The molecule has 0 fully saturated rings. The van der Waals surface area contributed by atoms with Crippen LogP contribution < -0.4 is 4.74 Å². The highest BCUT2D eigenvalue weighted by molar-refractivity contribution is 9.10. The molecule has 100 valence electrons. The van der Waals surface area contributed by atoms with E-state index in [1.54, 1.807) is 18.2 Å². The summed E-state index contributed by atoms with van der Waals surface area (Å²) in [6.45, 7) is 1.43. The summed E-state index contributed by atoms with van der Waals surface area (Å²) in [6, 6.07) is 4.71. The van der Waals surface area contributed by atoms with Crippen LogP contribution in [0.1, 0.15) is 30.1 Å². The Morgan fingerprint density at radius 3 is 2.56 bits per heavy atom. The molecule has 0 saturated carbocycles. The molecular formula is C12H12BrF3O2. The first-order valence-corrected chi connectivity index (χ1v) is 6.09. The molecule has 0 amide bonds. The standard InChI is InChI=1S/C12H12BrF3O2/c1-8(17)10-4-3-9(7-11(10)13)18-6-2-5-12(14,15)16/h3-4,7H,2,5-6H2,1H3. The van der Waals surface area contributed by atoms with Gasteiger partial charge in [0, 0.05) is 16.5 Å². The van der Waals surface area contributed by atoms with E-state index in [4.69, 9.17) is 4.74 Å². The largest absolute Gasteiger partial charge is 0.494 e. The molecule has 1 aromatic carbocycles. The molecule has 2 nitrogen and oxygen atoms in total. The smallest absolute Gasteiger partial charge is 0.389 e. The van der Waals surface area contributed by atoms with Gasteiger partial charge in [-0.15, -0.1) is 0 Å². The number of hydrogen-bond donors (Lipinski definition) is 0. The molecule has 0 bridgehead atoms. The van der Waals surface area contributed by atoms with Gasteiger partial charge in [0.25, 0.3) is 0 Å². The molecule has 0 unspecified atom stereocenters. The quantitative estimate of drug-likeness (QED) is 0.593. The molecule has 0 heterocycles. The molecule has 0 aliphatic carbocycles. The number of ketones is 1. The zero-order chi connectivity index (χ0) is 13.8. The van der Waals surface area contributed by atoms with E-state index in [1.807, 2.05) is 0 Å². The van der Waals surface area contributed by atoms with Crippen LogP contribution >= 0.6 is 15.9 Å². The van der Waals surface area contributed by atoms with Crippen molar-refractivity contribution in [2.24, 2.45) is 0 Å². The third-order valence-corrected chi connectivity index (χ3v) is 2.85. The lowest BCUT2D eigenvalue weighted by Gasteiger charge is -2.09. The summed E-state index contributed by atoms with van der Waals surface area (Å²) in [5.41, 5.74) is 0.512. The van der Waals surface area contributed by atoms with Gasteiger partial charge in [0.15, 0.2) is 5.78 Å². The lowest BCUT2D eigenvalue weighted by molar-refractivity contribution is -0.136. The van der Waals surface area contributed by atoms with Gasteiger partial charge in [0.2, 0.25) is 0 Å². The molecule has 0 spiro atoms. The first-order chi connectivity index (χ1) is 8.29. The van der Waals surface area contributed by atoms with Crippen LogP contribution in [0.3, 0.4) is 0 Å². The minimum atomic E-state index is -4.15. The van der Waals surface area contributed by atoms with Crippen molar-refractivity contribution in [3.05, 3.63) is 28.2 Å². The van der Waals surface area contributed by atoms with Crippen molar-refractivity contribution >= 4 is 21.7 Å². The Balaban J connectivity index is 2.49. The Hall–Kier alpha value is -1.04. The van der Waals surface area contributed by atoms with Crippen LogP contribution in [0.2, 0.25) is 0 Å². The Kier molecular flexibility index (Phi) is 5.19. The second-order valence-electron chi connectivity index (χ2n) is 3.77. The van der Waals surface area contributed by atoms with E-state index in [1.165, 1.54) is 6.92 Å². The second-order valence-corrected chi connectivity index (χ2v) is 4.62. The molecule has 0 atom stereocenters. The molecule has 18 heavy (non-hydrogen) atoms. The number of ether oxygens (including phenoxy) is 1. The molecule has 0 aliphatic heterocycles. The number of halogens is 4. The van der Waals surface area contributed by atoms with Crippen LogP contribution in [0, 0.1) is 0 Å². The number of alkyl halides is 3. The Labute approximate surface area is 111 Å². The van der Waals surface area contributed by atoms with Gasteiger partial charge in [-0.1, -0.05) is 0 Å². The number of Topliss-reactive ketones (excluding diaryl/α,β-unsaturated/α-hetero) is 1. The van der Waals surface area contributed by atoms with Gasteiger partial charge in [-0.25, -0.2) is 0 Å². The maximum Gasteiger partial charge on any atom is 0.389 e. The molecule has 1 aromatic rings. The van der Waals surface area contributed by atoms with E-state index >= 15 is 0 Å². The monoisotopic (exact) mass is 324 g/mol. The predicted octanol–water partition coefficient (Wildman–Crippen LogP) is 4.37. The fraction of sp³-hybridized carbons (Fsp3) is 0.417. The third-order valence-electron chi connectivity index (χ3n) is 2.19. The Bertz CT molecular complexity index is 430. The normalized spacial score (nSPS) is 11.4. The summed E-state index contributed by atoms with van der Waals surface area (Å²) in [4.78, 5) is 11.2. The van der Waals surface area contributed by atoms with Gasteiger partial charge in [-0.2, -0.15) is 13.2 Å². The zero-order valence-electron chi connectivity index (χ0n) is 9.68. The molecule has 0 radical (unpaired) electrons. The van der Waals surface area contributed by atoms with Crippen LogP contribution in [0.15, 0.2) is 22.7 Å². The van der Waals surface area contributed by atoms with Crippen LogP contribution in [-0.4, -0.2) is 18.6 Å². The number of rotatable bonds is 5. The van der Waals surface area contributed by atoms with Crippen molar-refractivity contribution in [2.75, 3.05) is 6.61 Å². The summed E-state index contributed by atoms with van der Waals surface area (Å²) in [5.74, 6) is 0.347. The van der Waals surface area contributed by atoms with E-state index in [0.717, 1.165) is 0 Å². The summed E-state index contributed by atoms with van der Waals surface area (Å²) in [5, 5.41) is 0. The zero-order valence-corrected chi connectivity index (χ0v) is 11.3. The number of benzene rings is 1. The molecule has 0 saturated heterocycles. The van der Waals surface area contributed by atoms with Gasteiger partial charge in [-0.05, 0) is 47.5 Å². The first-order valence-electron chi connectivity index (χ1n) is 5.29. The highest BCUT2D eigenvalue weighted by atomic mass is 79.9. The van der Waals surface area contributed by atoms with Gasteiger partial charge in [0.1, 0.15) is 5.75 Å². The average Bonchev–Trinajstić information content (AvgIpc) is 2.22.